The lowest BCUT2D eigenvalue weighted by molar-refractivity contribution is -0.105. The van der Waals surface area contributed by atoms with Crippen molar-refractivity contribution in [1.82, 2.24) is 0 Å². The van der Waals surface area contributed by atoms with Gasteiger partial charge in [0.05, 0.1) is 5.60 Å². The van der Waals surface area contributed by atoms with Crippen molar-refractivity contribution in [2.75, 3.05) is 0 Å². The molecule has 0 amide bonds. The van der Waals surface area contributed by atoms with Crippen LogP contribution in [0, 0.1) is 0 Å². The van der Waals surface area contributed by atoms with Crippen molar-refractivity contribution in [2.24, 2.45) is 0 Å². The summed E-state index contributed by atoms with van der Waals surface area (Å²) in [6, 6.07) is 0. The third kappa shape index (κ3) is 5.24. The van der Waals surface area contributed by atoms with E-state index in [1.807, 2.05) is 0 Å². The maximum atomic E-state index is 10.0. The zero-order valence-corrected chi connectivity index (χ0v) is 6.01. The standard InChI is InChI=1S/C7H12O2/c1-6(5-8)4-7(2,3)9/h4-5,9H,1-3H3/b6-4+. The van der Waals surface area contributed by atoms with Crippen LogP contribution in [0.15, 0.2) is 11.6 Å². The Labute approximate surface area is 55.2 Å². The van der Waals surface area contributed by atoms with Crippen LogP contribution in [0.25, 0.3) is 0 Å². The fourth-order valence-electron chi connectivity index (χ4n) is 0.591. The van der Waals surface area contributed by atoms with E-state index < -0.39 is 5.60 Å². The van der Waals surface area contributed by atoms with Crippen molar-refractivity contribution in [3.63, 3.8) is 0 Å². The molecule has 0 aliphatic heterocycles. The van der Waals surface area contributed by atoms with Gasteiger partial charge >= 0.3 is 0 Å². The molecule has 52 valence electrons. The summed E-state index contributed by atoms with van der Waals surface area (Å²) in [7, 11) is 0. The first-order valence-electron chi connectivity index (χ1n) is 2.83. The van der Waals surface area contributed by atoms with Crippen molar-refractivity contribution in [3.05, 3.63) is 11.6 Å². The molecule has 0 rings (SSSR count). The maximum absolute atomic E-state index is 10.0. The van der Waals surface area contributed by atoms with Crippen molar-refractivity contribution in [3.8, 4) is 0 Å². The van der Waals surface area contributed by atoms with Crippen molar-refractivity contribution >= 4 is 6.29 Å². The number of hydrogen-bond acceptors (Lipinski definition) is 2. The highest BCUT2D eigenvalue weighted by molar-refractivity contribution is 5.72. The van der Waals surface area contributed by atoms with Crippen LogP contribution in [0.2, 0.25) is 0 Å². The van der Waals surface area contributed by atoms with Crippen LogP contribution in [0.4, 0.5) is 0 Å². The van der Waals surface area contributed by atoms with Gasteiger partial charge in [0.25, 0.3) is 0 Å². The Bertz CT molecular complexity index is 128. The van der Waals surface area contributed by atoms with Crippen LogP contribution in [-0.4, -0.2) is 17.0 Å². The van der Waals surface area contributed by atoms with Gasteiger partial charge in [-0.15, -0.1) is 0 Å². The Morgan fingerprint density at radius 3 is 2.11 bits per heavy atom. The van der Waals surface area contributed by atoms with E-state index in [9.17, 15) is 4.79 Å². The fraction of sp³-hybridized carbons (Fsp3) is 0.571. The third-order valence-electron chi connectivity index (χ3n) is 0.767. The highest BCUT2D eigenvalue weighted by Gasteiger charge is 2.06. The number of carbonyl (C=O) groups excluding carboxylic acids is 1. The Morgan fingerprint density at radius 2 is 2.00 bits per heavy atom. The molecule has 0 heterocycles. The first-order valence-corrected chi connectivity index (χ1v) is 2.83. The molecule has 0 aliphatic rings. The SMILES string of the molecule is C/C(C=O)=C\C(C)(C)O. The number of allylic oxidation sites excluding steroid dienone is 1. The molecular weight excluding hydrogens is 116 g/mol. The number of aliphatic hydroxyl groups is 1. The zero-order valence-electron chi connectivity index (χ0n) is 6.01. The molecule has 2 nitrogen and oxygen atoms in total. The van der Waals surface area contributed by atoms with Crippen LogP contribution in [0.3, 0.4) is 0 Å². The van der Waals surface area contributed by atoms with E-state index >= 15 is 0 Å². The lowest BCUT2D eigenvalue weighted by atomic mass is 10.1. The Balaban J connectivity index is 4.11. The van der Waals surface area contributed by atoms with E-state index in [0.29, 0.717) is 5.57 Å². The Kier molecular flexibility index (Phi) is 2.59. The summed E-state index contributed by atoms with van der Waals surface area (Å²) in [4.78, 5) is 10.0. The van der Waals surface area contributed by atoms with Crippen LogP contribution >= 0.6 is 0 Å². The minimum Gasteiger partial charge on any atom is -0.386 e. The molecule has 0 saturated carbocycles. The van der Waals surface area contributed by atoms with E-state index in [1.54, 1.807) is 20.8 Å². The monoisotopic (exact) mass is 128 g/mol. The number of hydrogen-bond donors (Lipinski definition) is 1. The van der Waals surface area contributed by atoms with E-state index in [2.05, 4.69) is 0 Å². The van der Waals surface area contributed by atoms with Crippen LogP contribution in [0.5, 0.6) is 0 Å². The number of rotatable bonds is 2. The van der Waals surface area contributed by atoms with Gasteiger partial charge in [0.1, 0.15) is 6.29 Å². The predicted molar refractivity (Wildman–Crippen MR) is 36.1 cm³/mol. The quantitative estimate of drug-likeness (QED) is 0.443. The first kappa shape index (κ1) is 8.37. The van der Waals surface area contributed by atoms with Gasteiger partial charge in [-0.2, -0.15) is 0 Å². The Morgan fingerprint density at radius 1 is 1.56 bits per heavy atom. The van der Waals surface area contributed by atoms with Crippen molar-refractivity contribution in [1.29, 1.82) is 0 Å². The summed E-state index contributed by atoms with van der Waals surface area (Å²) >= 11 is 0. The molecule has 0 fully saturated rings. The molecule has 0 aliphatic carbocycles. The highest BCUT2D eigenvalue weighted by atomic mass is 16.3. The second-order valence-corrected chi connectivity index (χ2v) is 2.66. The Hall–Kier alpha value is -0.630. The molecular formula is C7H12O2. The topological polar surface area (TPSA) is 37.3 Å². The smallest absolute Gasteiger partial charge is 0.145 e. The predicted octanol–water partition coefficient (Wildman–Crippen LogP) is 0.903. The zero-order chi connectivity index (χ0) is 7.49. The minimum atomic E-state index is -0.870. The van der Waals surface area contributed by atoms with E-state index in [-0.39, 0.29) is 0 Å². The van der Waals surface area contributed by atoms with Crippen LogP contribution < -0.4 is 0 Å². The second kappa shape index (κ2) is 2.78. The third-order valence-corrected chi connectivity index (χ3v) is 0.767. The molecule has 0 atom stereocenters. The van der Waals surface area contributed by atoms with Gasteiger partial charge in [-0.25, -0.2) is 0 Å². The van der Waals surface area contributed by atoms with E-state index in [0.717, 1.165) is 6.29 Å². The number of carbonyl (C=O) groups is 1. The maximum Gasteiger partial charge on any atom is 0.145 e. The molecule has 0 aromatic carbocycles. The summed E-state index contributed by atoms with van der Waals surface area (Å²) in [6.45, 7) is 4.91. The fourth-order valence-corrected chi connectivity index (χ4v) is 0.591. The normalized spacial score (nSPS) is 13.6. The average molecular weight is 128 g/mol. The summed E-state index contributed by atoms with van der Waals surface area (Å²) in [5.74, 6) is 0. The van der Waals surface area contributed by atoms with Gasteiger partial charge in [-0.3, -0.25) is 4.79 Å². The molecule has 0 aromatic rings. The van der Waals surface area contributed by atoms with Gasteiger partial charge < -0.3 is 5.11 Å². The molecule has 0 spiro atoms. The highest BCUT2D eigenvalue weighted by Crippen LogP contribution is 2.04. The van der Waals surface area contributed by atoms with Crippen molar-refractivity contribution in [2.45, 2.75) is 26.4 Å². The number of aldehydes is 1. The summed E-state index contributed by atoms with van der Waals surface area (Å²) < 4.78 is 0. The molecule has 0 unspecified atom stereocenters. The summed E-state index contributed by atoms with van der Waals surface area (Å²) in [5.41, 5.74) is -0.312. The van der Waals surface area contributed by atoms with Crippen LogP contribution in [0.1, 0.15) is 20.8 Å². The van der Waals surface area contributed by atoms with Crippen molar-refractivity contribution < 1.29 is 9.90 Å². The van der Waals surface area contributed by atoms with Gasteiger partial charge in [-0.05, 0) is 32.4 Å². The molecule has 1 N–H and O–H groups in total. The minimum absolute atomic E-state index is 0.558. The lowest BCUT2D eigenvalue weighted by Gasteiger charge is -2.10. The molecule has 0 saturated heterocycles. The summed E-state index contributed by atoms with van der Waals surface area (Å²) in [5, 5.41) is 9.08. The van der Waals surface area contributed by atoms with Gasteiger partial charge in [0.15, 0.2) is 0 Å². The first-order chi connectivity index (χ1) is 3.95. The van der Waals surface area contributed by atoms with E-state index in [1.165, 1.54) is 6.08 Å². The second-order valence-electron chi connectivity index (χ2n) is 2.66. The van der Waals surface area contributed by atoms with Crippen LogP contribution in [-0.2, 0) is 4.79 Å². The molecule has 0 aromatic heterocycles. The van der Waals surface area contributed by atoms with Gasteiger partial charge in [0.2, 0.25) is 0 Å². The lowest BCUT2D eigenvalue weighted by Crippen LogP contribution is -2.14. The van der Waals surface area contributed by atoms with E-state index in [4.69, 9.17) is 5.11 Å². The molecule has 0 radical (unpaired) electrons. The summed E-state index contributed by atoms with van der Waals surface area (Å²) in [6.07, 6.45) is 2.23. The van der Waals surface area contributed by atoms with Gasteiger partial charge in [0, 0.05) is 0 Å². The molecule has 2 heteroatoms. The van der Waals surface area contributed by atoms with Gasteiger partial charge in [-0.1, -0.05) is 0 Å². The molecule has 9 heavy (non-hydrogen) atoms. The largest absolute Gasteiger partial charge is 0.386 e. The molecule has 0 bridgehead atoms. The average Bonchev–Trinajstić information content (AvgIpc) is 1.62.